The van der Waals surface area contributed by atoms with Gasteiger partial charge in [-0.25, -0.2) is 4.68 Å². The van der Waals surface area contributed by atoms with Gasteiger partial charge in [0.2, 0.25) is 5.88 Å². The summed E-state index contributed by atoms with van der Waals surface area (Å²) in [7, 11) is 1.76. The molecule has 0 aliphatic carbocycles. The summed E-state index contributed by atoms with van der Waals surface area (Å²) in [5, 5.41) is 19.1. The lowest BCUT2D eigenvalue weighted by Crippen LogP contribution is -2.13. The molecule has 0 fully saturated rings. The average molecular weight is 232 g/mol. The van der Waals surface area contributed by atoms with Crippen LogP contribution in [-0.4, -0.2) is 25.8 Å². The van der Waals surface area contributed by atoms with Gasteiger partial charge in [-0.15, -0.1) is 5.10 Å². The van der Waals surface area contributed by atoms with Crippen LogP contribution in [0.25, 0.3) is 0 Å². The standard InChI is InChI=1S/C10H12N6O/c1-6-5-8(16(2)15-6)17-10-7(9(11)12)3-4-13-14-10/h3-5H,1-2H3,(H3,11,12). The first-order chi connectivity index (χ1) is 8.08. The monoisotopic (exact) mass is 232 g/mol. The highest BCUT2D eigenvalue weighted by Crippen LogP contribution is 2.21. The Morgan fingerprint density at radius 2 is 2.29 bits per heavy atom. The first kappa shape index (κ1) is 11.1. The second-order valence-corrected chi connectivity index (χ2v) is 3.51. The van der Waals surface area contributed by atoms with Crippen LogP contribution in [0.1, 0.15) is 11.3 Å². The van der Waals surface area contributed by atoms with Crippen molar-refractivity contribution >= 4 is 5.84 Å². The van der Waals surface area contributed by atoms with E-state index in [1.165, 1.54) is 6.20 Å². The summed E-state index contributed by atoms with van der Waals surface area (Å²) >= 11 is 0. The van der Waals surface area contributed by atoms with Crippen LogP contribution in [0.5, 0.6) is 11.8 Å². The molecular formula is C10H12N6O. The minimum atomic E-state index is -0.117. The highest BCUT2D eigenvalue weighted by atomic mass is 16.5. The van der Waals surface area contributed by atoms with Crippen LogP contribution >= 0.6 is 0 Å². The zero-order valence-corrected chi connectivity index (χ0v) is 9.51. The van der Waals surface area contributed by atoms with E-state index in [4.69, 9.17) is 15.9 Å². The van der Waals surface area contributed by atoms with Gasteiger partial charge in [0.1, 0.15) is 5.84 Å². The third kappa shape index (κ3) is 2.22. The van der Waals surface area contributed by atoms with Gasteiger partial charge in [0, 0.05) is 13.1 Å². The number of nitrogens with two attached hydrogens (primary N) is 1. The molecule has 0 aliphatic rings. The topological polar surface area (TPSA) is 103 Å². The molecule has 88 valence electrons. The number of amidine groups is 1. The van der Waals surface area contributed by atoms with Crippen molar-refractivity contribution in [3.63, 3.8) is 0 Å². The van der Waals surface area contributed by atoms with E-state index in [0.29, 0.717) is 11.4 Å². The summed E-state index contributed by atoms with van der Waals surface area (Å²) in [6.07, 6.45) is 1.46. The lowest BCUT2D eigenvalue weighted by Gasteiger charge is -2.07. The van der Waals surface area contributed by atoms with Gasteiger partial charge in [-0.3, -0.25) is 5.41 Å². The largest absolute Gasteiger partial charge is 0.419 e. The maximum atomic E-state index is 7.41. The molecule has 0 unspecified atom stereocenters. The second kappa shape index (κ2) is 4.20. The molecule has 0 atom stereocenters. The molecule has 0 bridgehead atoms. The SMILES string of the molecule is Cc1cc(Oc2nnccc2C(=N)N)n(C)n1. The fourth-order valence-corrected chi connectivity index (χ4v) is 1.38. The van der Waals surface area contributed by atoms with Crippen molar-refractivity contribution in [3.05, 3.63) is 29.6 Å². The zero-order valence-electron chi connectivity index (χ0n) is 9.51. The summed E-state index contributed by atoms with van der Waals surface area (Å²) in [6.45, 7) is 1.86. The highest BCUT2D eigenvalue weighted by Gasteiger charge is 2.12. The Kier molecular flexibility index (Phi) is 2.73. The number of rotatable bonds is 3. The summed E-state index contributed by atoms with van der Waals surface area (Å²) in [6, 6.07) is 3.34. The molecule has 0 saturated heterocycles. The van der Waals surface area contributed by atoms with Gasteiger partial charge in [0.15, 0.2) is 0 Å². The minimum Gasteiger partial charge on any atom is -0.419 e. The van der Waals surface area contributed by atoms with E-state index in [1.54, 1.807) is 23.9 Å². The van der Waals surface area contributed by atoms with Crippen LogP contribution in [0, 0.1) is 12.3 Å². The number of ether oxygens (including phenoxy) is 1. The molecule has 2 aromatic heterocycles. The van der Waals surface area contributed by atoms with Crippen molar-refractivity contribution < 1.29 is 4.74 Å². The maximum Gasteiger partial charge on any atom is 0.251 e. The molecule has 0 aromatic carbocycles. The average Bonchev–Trinajstić information content (AvgIpc) is 2.58. The first-order valence-corrected chi connectivity index (χ1v) is 4.92. The van der Waals surface area contributed by atoms with E-state index in [2.05, 4.69) is 15.3 Å². The molecule has 0 amide bonds. The Balaban J connectivity index is 2.36. The van der Waals surface area contributed by atoms with E-state index in [-0.39, 0.29) is 11.7 Å². The predicted octanol–water partition coefficient (Wildman–Crippen LogP) is 0.595. The Labute approximate surface area is 97.7 Å². The summed E-state index contributed by atoms with van der Waals surface area (Å²) in [5.74, 6) is 0.599. The van der Waals surface area contributed by atoms with Crippen molar-refractivity contribution in [1.82, 2.24) is 20.0 Å². The lowest BCUT2D eigenvalue weighted by molar-refractivity contribution is 0.409. The summed E-state index contributed by atoms with van der Waals surface area (Å²) < 4.78 is 7.11. The number of nitrogen functional groups attached to an aromatic ring is 1. The van der Waals surface area contributed by atoms with Crippen molar-refractivity contribution in [2.24, 2.45) is 12.8 Å². The molecule has 7 heteroatoms. The molecule has 0 saturated carbocycles. The van der Waals surface area contributed by atoms with Crippen molar-refractivity contribution in [2.75, 3.05) is 0 Å². The number of hydrogen-bond donors (Lipinski definition) is 2. The third-order valence-corrected chi connectivity index (χ3v) is 2.14. The van der Waals surface area contributed by atoms with Gasteiger partial charge in [0.05, 0.1) is 17.5 Å². The molecule has 2 aromatic rings. The van der Waals surface area contributed by atoms with Gasteiger partial charge >= 0.3 is 0 Å². The van der Waals surface area contributed by atoms with Gasteiger partial charge < -0.3 is 10.5 Å². The number of nitrogens with zero attached hydrogens (tertiary/aromatic N) is 4. The van der Waals surface area contributed by atoms with Crippen LogP contribution < -0.4 is 10.5 Å². The van der Waals surface area contributed by atoms with Crippen LogP contribution in [-0.2, 0) is 7.05 Å². The predicted molar refractivity (Wildman–Crippen MR) is 61.1 cm³/mol. The Morgan fingerprint density at radius 3 is 2.88 bits per heavy atom. The van der Waals surface area contributed by atoms with Crippen LogP contribution in [0.4, 0.5) is 0 Å². The van der Waals surface area contributed by atoms with E-state index in [0.717, 1.165) is 5.69 Å². The van der Waals surface area contributed by atoms with Gasteiger partial charge in [0.25, 0.3) is 5.88 Å². The number of nitrogens with one attached hydrogen (secondary N) is 1. The zero-order chi connectivity index (χ0) is 12.4. The summed E-state index contributed by atoms with van der Waals surface area (Å²) in [5.41, 5.74) is 6.66. The van der Waals surface area contributed by atoms with E-state index in [9.17, 15) is 0 Å². The van der Waals surface area contributed by atoms with Crippen LogP contribution in [0.2, 0.25) is 0 Å². The van der Waals surface area contributed by atoms with Crippen molar-refractivity contribution in [3.8, 4) is 11.8 Å². The van der Waals surface area contributed by atoms with E-state index in [1.807, 2.05) is 6.92 Å². The molecule has 7 nitrogen and oxygen atoms in total. The molecule has 3 N–H and O–H groups in total. The van der Waals surface area contributed by atoms with Crippen LogP contribution in [0.3, 0.4) is 0 Å². The molecular weight excluding hydrogens is 220 g/mol. The van der Waals surface area contributed by atoms with E-state index >= 15 is 0 Å². The Morgan fingerprint density at radius 1 is 1.53 bits per heavy atom. The maximum absolute atomic E-state index is 7.41. The van der Waals surface area contributed by atoms with Gasteiger partial charge in [-0.1, -0.05) is 0 Å². The molecule has 0 aliphatic heterocycles. The molecule has 17 heavy (non-hydrogen) atoms. The Hall–Kier alpha value is -2.44. The highest BCUT2D eigenvalue weighted by molar-refractivity contribution is 5.96. The molecule has 0 spiro atoms. The second-order valence-electron chi connectivity index (χ2n) is 3.51. The van der Waals surface area contributed by atoms with Gasteiger partial charge in [-0.2, -0.15) is 10.2 Å². The third-order valence-electron chi connectivity index (χ3n) is 2.14. The molecule has 2 rings (SSSR count). The summed E-state index contributed by atoms with van der Waals surface area (Å²) in [4.78, 5) is 0. The first-order valence-electron chi connectivity index (χ1n) is 4.92. The number of aromatic nitrogens is 4. The Bertz CT molecular complexity index is 562. The smallest absolute Gasteiger partial charge is 0.251 e. The van der Waals surface area contributed by atoms with Crippen molar-refractivity contribution in [2.45, 2.75) is 6.92 Å². The quantitative estimate of drug-likeness (QED) is 0.595. The molecule has 2 heterocycles. The van der Waals surface area contributed by atoms with E-state index < -0.39 is 0 Å². The fraction of sp³-hybridized carbons (Fsp3) is 0.200. The minimum absolute atomic E-state index is 0.117. The molecule has 0 radical (unpaired) electrons. The lowest BCUT2D eigenvalue weighted by atomic mass is 10.3. The fourth-order valence-electron chi connectivity index (χ4n) is 1.38. The number of aryl methyl sites for hydroxylation is 2. The van der Waals surface area contributed by atoms with Gasteiger partial charge in [-0.05, 0) is 13.0 Å². The van der Waals surface area contributed by atoms with Crippen LogP contribution in [0.15, 0.2) is 18.3 Å². The number of hydrogen-bond acceptors (Lipinski definition) is 5. The van der Waals surface area contributed by atoms with Crippen molar-refractivity contribution in [1.29, 1.82) is 5.41 Å². The normalized spacial score (nSPS) is 10.2.